The van der Waals surface area contributed by atoms with E-state index in [2.05, 4.69) is 17.5 Å². The Bertz CT molecular complexity index is 603. The molecular weight excluding hydrogens is 292 g/mol. The number of amides is 1. The predicted octanol–water partition coefficient (Wildman–Crippen LogP) is 2.88. The van der Waals surface area contributed by atoms with Crippen molar-refractivity contribution in [2.45, 2.75) is 46.5 Å². The number of carbonyl (C=O) groups excluding carboxylic acids is 2. The van der Waals surface area contributed by atoms with Crippen LogP contribution in [0.3, 0.4) is 0 Å². The van der Waals surface area contributed by atoms with Gasteiger partial charge in [0.05, 0.1) is 0 Å². The minimum Gasteiger partial charge on any atom is -0.484 e. The third-order valence-electron chi connectivity index (χ3n) is 3.80. The fraction of sp³-hybridized carbons (Fsp3) is 0.500. The molecule has 1 aromatic rings. The Balaban J connectivity index is 1.82. The fourth-order valence-corrected chi connectivity index (χ4v) is 2.72. The van der Waals surface area contributed by atoms with Gasteiger partial charge in [-0.3, -0.25) is 9.59 Å². The van der Waals surface area contributed by atoms with Crippen molar-refractivity contribution in [3.63, 3.8) is 0 Å². The van der Waals surface area contributed by atoms with Gasteiger partial charge >= 0.3 is 0 Å². The predicted molar refractivity (Wildman–Crippen MR) is 89.5 cm³/mol. The summed E-state index contributed by atoms with van der Waals surface area (Å²) < 4.78 is 5.42. The highest BCUT2D eigenvalue weighted by Crippen LogP contribution is 2.31. The maximum Gasteiger partial charge on any atom is 0.277 e. The molecule has 1 saturated carbocycles. The van der Waals surface area contributed by atoms with Crippen LogP contribution < -0.4 is 10.2 Å². The first-order valence-electron chi connectivity index (χ1n) is 7.96. The Morgan fingerprint density at radius 3 is 2.57 bits per heavy atom. The van der Waals surface area contributed by atoms with Crippen LogP contribution in [0.2, 0.25) is 0 Å². The first-order chi connectivity index (χ1) is 10.9. The van der Waals surface area contributed by atoms with Gasteiger partial charge in [-0.1, -0.05) is 32.9 Å². The molecule has 0 heterocycles. The van der Waals surface area contributed by atoms with E-state index in [9.17, 15) is 9.59 Å². The number of nitrogens with one attached hydrogen (secondary N) is 1. The van der Waals surface area contributed by atoms with Crippen molar-refractivity contribution in [2.75, 3.05) is 6.61 Å². The van der Waals surface area contributed by atoms with Gasteiger partial charge in [0.2, 0.25) is 0 Å². The van der Waals surface area contributed by atoms with Crippen molar-refractivity contribution in [3.8, 4) is 5.75 Å². The first kappa shape index (κ1) is 17.2. The van der Waals surface area contributed by atoms with Gasteiger partial charge in [-0.2, -0.15) is 5.10 Å². The molecule has 23 heavy (non-hydrogen) atoms. The third-order valence-corrected chi connectivity index (χ3v) is 3.80. The molecule has 1 aliphatic carbocycles. The molecule has 1 aromatic carbocycles. The number of ether oxygens (including phenoxy) is 1. The number of ketones is 1. The lowest BCUT2D eigenvalue weighted by molar-refractivity contribution is -0.123. The Morgan fingerprint density at radius 1 is 1.26 bits per heavy atom. The molecule has 1 amide bonds. The molecule has 0 unspecified atom stereocenters. The summed E-state index contributed by atoms with van der Waals surface area (Å²) in [5.74, 6) is 0.494. The van der Waals surface area contributed by atoms with Crippen LogP contribution in [0.1, 0.15) is 45.6 Å². The van der Waals surface area contributed by atoms with Crippen molar-refractivity contribution in [3.05, 3.63) is 29.8 Å². The van der Waals surface area contributed by atoms with Gasteiger partial charge in [0, 0.05) is 18.6 Å². The monoisotopic (exact) mass is 316 g/mol. The van der Waals surface area contributed by atoms with Gasteiger partial charge in [0.15, 0.2) is 6.61 Å². The smallest absolute Gasteiger partial charge is 0.277 e. The number of rotatable bonds is 5. The summed E-state index contributed by atoms with van der Waals surface area (Å²) >= 11 is 0. The van der Waals surface area contributed by atoms with E-state index in [0.717, 1.165) is 18.6 Å². The minimum absolute atomic E-state index is 0.0869. The SMILES string of the molecule is CCc1ccc(OCC(=O)N/N=C2\CC(=O)CC(C)(C)C2)cc1. The summed E-state index contributed by atoms with van der Waals surface area (Å²) in [7, 11) is 0. The van der Waals surface area contributed by atoms with Crippen LogP contribution in [0.15, 0.2) is 29.4 Å². The van der Waals surface area contributed by atoms with Gasteiger partial charge < -0.3 is 4.74 Å². The zero-order valence-corrected chi connectivity index (χ0v) is 14.0. The number of hydrogen-bond donors (Lipinski definition) is 1. The third kappa shape index (κ3) is 5.51. The highest BCUT2D eigenvalue weighted by Gasteiger charge is 2.30. The number of carbonyl (C=O) groups is 2. The number of Topliss-reactive ketones (excluding diaryl/α,β-unsaturated/α-hetero) is 1. The zero-order valence-electron chi connectivity index (χ0n) is 14.0. The summed E-state index contributed by atoms with van der Waals surface area (Å²) in [5, 5.41) is 4.09. The molecule has 0 saturated heterocycles. The first-order valence-corrected chi connectivity index (χ1v) is 7.96. The molecule has 0 radical (unpaired) electrons. The lowest BCUT2D eigenvalue weighted by atomic mass is 9.76. The summed E-state index contributed by atoms with van der Waals surface area (Å²) in [4.78, 5) is 23.5. The molecule has 1 N–H and O–H groups in total. The number of benzene rings is 1. The van der Waals surface area contributed by atoms with E-state index in [1.807, 2.05) is 38.1 Å². The molecule has 0 atom stereocenters. The van der Waals surface area contributed by atoms with E-state index in [0.29, 0.717) is 18.6 Å². The van der Waals surface area contributed by atoms with Gasteiger partial charge in [0.1, 0.15) is 11.5 Å². The number of hydrazone groups is 1. The Labute approximate surface area is 137 Å². The molecule has 5 nitrogen and oxygen atoms in total. The number of hydrogen-bond acceptors (Lipinski definition) is 4. The van der Waals surface area contributed by atoms with E-state index in [4.69, 9.17) is 4.74 Å². The molecule has 0 bridgehead atoms. The molecule has 1 aliphatic rings. The van der Waals surface area contributed by atoms with Gasteiger partial charge in [-0.15, -0.1) is 0 Å². The molecule has 0 spiro atoms. The van der Waals surface area contributed by atoms with E-state index >= 15 is 0 Å². The molecule has 0 aromatic heterocycles. The Morgan fingerprint density at radius 2 is 1.96 bits per heavy atom. The topological polar surface area (TPSA) is 67.8 Å². The Hall–Kier alpha value is -2.17. The highest BCUT2D eigenvalue weighted by atomic mass is 16.5. The molecule has 5 heteroatoms. The summed E-state index contributed by atoms with van der Waals surface area (Å²) in [6, 6.07) is 7.65. The van der Waals surface area contributed by atoms with Crippen LogP contribution in [-0.4, -0.2) is 24.0 Å². The maximum atomic E-state index is 11.8. The molecule has 0 aliphatic heterocycles. The molecule has 124 valence electrons. The summed E-state index contributed by atoms with van der Waals surface area (Å²) in [6.07, 6.45) is 2.57. The maximum absolute atomic E-state index is 11.8. The van der Waals surface area contributed by atoms with Crippen LogP contribution in [0.4, 0.5) is 0 Å². The summed E-state index contributed by atoms with van der Waals surface area (Å²) in [6.45, 7) is 6.05. The average molecular weight is 316 g/mol. The quantitative estimate of drug-likeness (QED) is 0.849. The second-order valence-corrected chi connectivity index (χ2v) is 6.73. The second-order valence-electron chi connectivity index (χ2n) is 6.73. The van der Waals surface area contributed by atoms with Crippen LogP contribution in [0.25, 0.3) is 0 Å². The zero-order chi connectivity index (χ0) is 16.9. The fourth-order valence-electron chi connectivity index (χ4n) is 2.72. The standard InChI is InChI=1S/C18H24N2O3/c1-4-13-5-7-16(8-6-13)23-12-17(22)20-19-14-9-15(21)11-18(2,3)10-14/h5-8H,4,9-12H2,1-3H3,(H,20,22)/b19-14+. The molecule has 2 rings (SSSR count). The van der Waals surface area contributed by atoms with E-state index < -0.39 is 0 Å². The van der Waals surface area contributed by atoms with Crippen molar-refractivity contribution >= 4 is 17.4 Å². The van der Waals surface area contributed by atoms with Crippen molar-refractivity contribution < 1.29 is 14.3 Å². The largest absolute Gasteiger partial charge is 0.484 e. The number of nitrogens with zero attached hydrogens (tertiary/aromatic N) is 1. The molecular formula is C18H24N2O3. The van der Waals surface area contributed by atoms with E-state index in [1.54, 1.807) is 0 Å². The van der Waals surface area contributed by atoms with Crippen LogP contribution in [-0.2, 0) is 16.0 Å². The van der Waals surface area contributed by atoms with Crippen molar-refractivity contribution in [2.24, 2.45) is 10.5 Å². The van der Waals surface area contributed by atoms with Gasteiger partial charge in [0.25, 0.3) is 5.91 Å². The minimum atomic E-state index is -0.326. The average Bonchev–Trinajstić information content (AvgIpc) is 2.49. The molecule has 1 fully saturated rings. The van der Waals surface area contributed by atoms with E-state index in [1.165, 1.54) is 5.56 Å². The van der Waals surface area contributed by atoms with Crippen LogP contribution >= 0.6 is 0 Å². The van der Waals surface area contributed by atoms with Crippen molar-refractivity contribution in [1.82, 2.24) is 5.43 Å². The highest BCUT2D eigenvalue weighted by molar-refractivity contribution is 6.05. The second kappa shape index (κ2) is 7.40. The lowest BCUT2D eigenvalue weighted by Gasteiger charge is -2.28. The van der Waals surface area contributed by atoms with Gasteiger partial charge in [-0.05, 0) is 36.0 Å². The van der Waals surface area contributed by atoms with Crippen molar-refractivity contribution in [1.29, 1.82) is 0 Å². The van der Waals surface area contributed by atoms with Crippen LogP contribution in [0, 0.1) is 5.41 Å². The Kier molecular flexibility index (Phi) is 5.53. The summed E-state index contributed by atoms with van der Waals surface area (Å²) in [5.41, 5.74) is 4.34. The lowest BCUT2D eigenvalue weighted by Crippen LogP contribution is -2.32. The van der Waals surface area contributed by atoms with Gasteiger partial charge in [-0.25, -0.2) is 5.43 Å². The normalized spacial score (nSPS) is 18.7. The van der Waals surface area contributed by atoms with Crippen LogP contribution in [0.5, 0.6) is 5.75 Å². The van der Waals surface area contributed by atoms with E-state index in [-0.39, 0.29) is 23.7 Å². The number of aryl methyl sites for hydroxylation is 1.